The van der Waals surface area contributed by atoms with Crippen LogP contribution in [0.4, 0.5) is 0 Å². The largest absolute Gasteiger partial charge is 0.592 e. The lowest BCUT2D eigenvalue weighted by atomic mass is 10.1. The van der Waals surface area contributed by atoms with Crippen LogP contribution in [-0.2, 0) is 0 Å². The van der Waals surface area contributed by atoms with E-state index in [0.29, 0.717) is 0 Å². The quantitative estimate of drug-likeness (QED) is 0.591. The summed E-state index contributed by atoms with van der Waals surface area (Å²) in [6.07, 6.45) is 3.37. The molecule has 78 valence electrons. The first-order valence-corrected chi connectivity index (χ1v) is 4.98. The number of pyridine rings is 1. The van der Waals surface area contributed by atoms with Gasteiger partial charge in [-0.15, -0.1) is 0 Å². The molecule has 0 bridgehead atoms. The molecule has 2 aromatic heterocycles. The van der Waals surface area contributed by atoms with Crippen molar-refractivity contribution >= 4 is 29.1 Å². The highest BCUT2D eigenvalue weighted by Gasteiger charge is 2.18. The lowest BCUT2D eigenvalue weighted by Gasteiger charge is -2.03. The number of nitrogens with zero attached hydrogens (tertiary/aromatic N) is 2. The van der Waals surface area contributed by atoms with E-state index in [0.717, 1.165) is 21.8 Å². The van der Waals surface area contributed by atoms with Crippen LogP contribution in [0.5, 0.6) is 0 Å². The fraction of sp³-hybridized carbons (Fsp3) is 0. The molecule has 0 aliphatic carbocycles. The summed E-state index contributed by atoms with van der Waals surface area (Å²) in [6, 6.07) is 9.36. The van der Waals surface area contributed by atoms with E-state index in [2.05, 4.69) is 4.98 Å². The molecule has 0 saturated heterocycles. The van der Waals surface area contributed by atoms with Crippen molar-refractivity contribution in [2.75, 3.05) is 0 Å². The number of rotatable bonds is 1. The Morgan fingerprint density at radius 1 is 1.00 bits per heavy atom. The Labute approximate surface area is 91.9 Å². The minimum atomic E-state index is -1.54. The third-order valence-corrected chi connectivity index (χ3v) is 2.74. The molecule has 16 heavy (non-hydrogen) atoms. The molecule has 3 aromatic rings. The predicted molar refractivity (Wildman–Crippen MR) is 62.8 cm³/mol. The van der Waals surface area contributed by atoms with Gasteiger partial charge in [0.15, 0.2) is 0 Å². The Hall–Kier alpha value is -1.85. The summed E-state index contributed by atoms with van der Waals surface area (Å²) >= 11 is 0. The third kappa shape index (κ3) is 1.16. The van der Waals surface area contributed by atoms with Crippen molar-refractivity contribution in [1.29, 1.82) is 0 Å². The van der Waals surface area contributed by atoms with E-state index < -0.39 is 7.25 Å². The molecule has 0 aliphatic rings. The minimum Gasteiger partial charge on any atom is -0.407 e. The van der Waals surface area contributed by atoms with E-state index in [9.17, 15) is 10.0 Å². The van der Waals surface area contributed by atoms with Crippen LogP contribution >= 0.6 is 0 Å². The average Bonchev–Trinajstić information content (AvgIpc) is 2.63. The van der Waals surface area contributed by atoms with Gasteiger partial charge < -0.3 is 14.5 Å². The second kappa shape index (κ2) is 3.33. The van der Waals surface area contributed by atoms with Gasteiger partial charge in [0.25, 0.3) is 0 Å². The first-order chi connectivity index (χ1) is 7.79. The molecule has 0 aliphatic heterocycles. The van der Waals surface area contributed by atoms with E-state index in [-0.39, 0.29) is 0 Å². The molecule has 2 heterocycles. The summed E-state index contributed by atoms with van der Waals surface area (Å²) in [4.78, 5) is 4.06. The molecule has 0 spiro atoms. The molecule has 3 rings (SSSR count). The number of hydrogen-bond donors (Lipinski definition) is 2. The SMILES string of the molecule is OB(O)n1c2ccccc2c2cnccc21. The molecule has 0 amide bonds. The molecule has 1 aromatic carbocycles. The predicted octanol–water partition coefficient (Wildman–Crippen LogP) is 1.01. The van der Waals surface area contributed by atoms with Crippen LogP contribution in [0.3, 0.4) is 0 Å². The van der Waals surface area contributed by atoms with Gasteiger partial charge >= 0.3 is 7.25 Å². The zero-order chi connectivity index (χ0) is 11.1. The van der Waals surface area contributed by atoms with Crippen molar-refractivity contribution in [3.8, 4) is 0 Å². The van der Waals surface area contributed by atoms with Crippen LogP contribution in [0.25, 0.3) is 21.8 Å². The Bertz CT molecular complexity index is 610. The normalized spacial score (nSPS) is 11.1. The second-order valence-corrected chi connectivity index (χ2v) is 3.63. The van der Waals surface area contributed by atoms with E-state index >= 15 is 0 Å². The number of para-hydroxylation sites is 1. The molecule has 0 unspecified atom stereocenters. The van der Waals surface area contributed by atoms with Crippen LogP contribution in [0.15, 0.2) is 42.7 Å². The molecular weight excluding hydrogens is 203 g/mol. The van der Waals surface area contributed by atoms with Crippen molar-refractivity contribution in [2.45, 2.75) is 0 Å². The topological polar surface area (TPSA) is 58.3 Å². The molecule has 0 radical (unpaired) electrons. The van der Waals surface area contributed by atoms with Crippen LogP contribution in [-0.4, -0.2) is 26.8 Å². The maximum Gasteiger partial charge on any atom is 0.592 e. The molecule has 0 saturated carbocycles. The van der Waals surface area contributed by atoms with Crippen molar-refractivity contribution in [1.82, 2.24) is 9.46 Å². The van der Waals surface area contributed by atoms with Crippen molar-refractivity contribution in [3.63, 3.8) is 0 Å². The zero-order valence-corrected chi connectivity index (χ0v) is 8.41. The lowest BCUT2D eigenvalue weighted by Crippen LogP contribution is -2.23. The van der Waals surface area contributed by atoms with Gasteiger partial charge in [0.05, 0.1) is 0 Å². The Morgan fingerprint density at radius 2 is 1.75 bits per heavy atom. The van der Waals surface area contributed by atoms with Crippen molar-refractivity contribution in [2.24, 2.45) is 0 Å². The summed E-state index contributed by atoms with van der Waals surface area (Å²) < 4.78 is 1.48. The summed E-state index contributed by atoms with van der Waals surface area (Å²) in [6.45, 7) is 0. The molecule has 4 nitrogen and oxygen atoms in total. The Balaban J connectivity index is 2.59. The number of benzene rings is 1. The Morgan fingerprint density at radius 3 is 2.56 bits per heavy atom. The first kappa shape index (κ1) is 9.39. The van der Waals surface area contributed by atoms with E-state index in [4.69, 9.17) is 0 Å². The van der Waals surface area contributed by atoms with Crippen LogP contribution < -0.4 is 0 Å². The lowest BCUT2D eigenvalue weighted by molar-refractivity contribution is 0.396. The van der Waals surface area contributed by atoms with E-state index in [1.807, 2.05) is 24.3 Å². The zero-order valence-electron chi connectivity index (χ0n) is 8.41. The van der Waals surface area contributed by atoms with Crippen LogP contribution in [0.2, 0.25) is 0 Å². The first-order valence-electron chi connectivity index (χ1n) is 4.98. The van der Waals surface area contributed by atoms with Gasteiger partial charge in [-0.1, -0.05) is 18.2 Å². The maximum absolute atomic E-state index is 9.41. The van der Waals surface area contributed by atoms with E-state index in [1.165, 1.54) is 4.48 Å². The van der Waals surface area contributed by atoms with Gasteiger partial charge in [-0.2, -0.15) is 0 Å². The molecule has 2 N–H and O–H groups in total. The van der Waals surface area contributed by atoms with Crippen molar-refractivity contribution in [3.05, 3.63) is 42.7 Å². The summed E-state index contributed by atoms with van der Waals surface area (Å²) in [5.41, 5.74) is 1.56. The highest BCUT2D eigenvalue weighted by Crippen LogP contribution is 2.27. The standard InChI is InChI=1S/C11H9BN2O2/c15-12(16)14-10-4-2-1-3-8(10)9-7-13-6-5-11(9)14/h1-7,15-16H. The van der Waals surface area contributed by atoms with Gasteiger partial charge in [-0.3, -0.25) is 4.98 Å². The summed E-state index contributed by atoms with van der Waals surface area (Å²) in [7, 11) is -1.54. The molecular formula is C11H9BN2O2. The second-order valence-electron chi connectivity index (χ2n) is 3.63. The average molecular weight is 212 g/mol. The third-order valence-electron chi connectivity index (χ3n) is 2.74. The summed E-state index contributed by atoms with van der Waals surface area (Å²) in [5, 5.41) is 20.7. The van der Waals surface area contributed by atoms with Gasteiger partial charge in [0.1, 0.15) is 0 Å². The monoisotopic (exact) mass is 212 g/mol. The Kier molecular flexibility index (Phi) is 1.95. The number of aromatic nitrogens is 2. The van der Waals surface area contributed by atoms with Gasteiger partial charge in [-0.05, 0) is 12.1 Å². The maximum atomic E-state index is 9.41. The van der Waals surface area contributed by atoms with Crippen LogP contribution in [0.1, 0.15) is 0 Å². The van der Waals surface area contributed by atoms with Crippen molar-refractivity contribution < 1.29 is 10.0 Å². The van der Waals surface area contributed by atoms with Gasteiger partial charge in [0.2, 0.25) is 0 Å². The summed E-state index contributed by atoms with van der Waals surface area (Å²) in [5.74, 6) is 0. The highest BCUT2D eigenvalue weighted by atomic mass is 16.4. The fourth-order valence-corrected chi connectivity index (χ4v) is 2.09. The molecule has 0 atom stereocenters. The van der Waals surface area contributed by atoms with Crippen LogP contribution in [0, 0.1) is 0 Å². The van der Waals surface area contributed by atoms with Gasteiger partial charge in [0, 0.05) is 34.2 Å². The molecule has 5 heteroatoms. The minimum absolute atomic E-state index is 0.770. The fourth-order valence-electron chi connectivity index (χ4n) is 2.09. The smallest absolute Gasteiger partial charge is 0.407 e. The molecule has 0 fully saturated rings. The number of fused-ring (bicyclic) bond motifs is 3. The van der Waals surface area contributed by atoms with E-state index in [1.54, 1.807) is 18.5 Å². The number of hydrogen-bond acceptors (Lipinski definition) is 3. The van der Waals surface area contributed by atoms with Gasteiger partial charge in [-0.25, -0.2) is 0 Å². The highest BCUT2D eigenvalue weighted by molar-refractivity contribution is 6.43.